The molecule has 1 aromatic rings. The van der Waals surface area contributed by atoms with Crippen molar-refractivity contribution in [1.29, 1.82) is 0 Å². The zero-order chi connectivity index (χ0) is 16.8. The Labute approximate surface area is 144 Å². The van der Waals surface area contributed by atoms with Crippen LogP contribution in [0, 0.1) is 0 Å². The second-order valence-corrected chi connectivity index (χ2v) is 6.68. The van der Waals surface area contributed by atoms with E-state index in [9.17, 15) is 9.59 Å². The van der Waals surface area contributed by atoms with Gasteiger partial charge in [0.1, 0.15) is 6.04 Å². The minimum Gasteiger partial charge on any atom is -0.341 e. The van der Waals surface area contributed by atoms with Crippen LogP contribution >= 0.6 is 0 Å². The van der Waals surface area contributed by atoms with E-state index < -0.39 is 0 Å². The molecule has 1 aromatic carbocycles. The van der Waals surface area contributed by atoms with Gasteiger partial charge >= 0.3 is 0 Å². The van der Waals surface area contributed by atoms with Crippen LogP contribution in [0.2, 0.25) is 0 Å². The average molecular weight is 329 g/mol. The molecule has 0 aliphatic carbocycles. The topological polar surface area (TPSA) is 52.7 Å². The van der Waals surface area contributed by atoms with Gasteiger partial charge in [-0.05, 0) is 31.2 Å². The largest absolute Gasteiger partial charge is 0.341 e. The summed E-state index contributed by atoms with van der Waals surface area (Å²) in [4.78, 5) is 29.1. The third-order valence-corrected chi connectivity index (χ3v) is 4.97. The van der Waals surface area contributed by atoms with Crippen LogP contribution in [0.5, 0.6) is 0 Å². The Morgan fingerprint density at radius 3 is 2.58 bits per heavy atom. The third-order valence-electron chi connectivity index (χ3n) is 4.97. The van der Waals surface area contributed by atoms with Crippen molar-refractivity contribution in [2.24, 2.45) is 0 Å². The van der Waals surface area contributed by atoms with Crippen molar-refractivity contribution in [2.45, 2.75) is 38.1 Å². The quantitative estimate of drug-likeness (QED) is 0.889. The fourth-order valence-electron chi connectivity index (χ4n) is 3.60. The summed E-state index contributed by atoms with van der Waals surface area (Å²) in [6.45, 7) is 3.67. The highest BCUT2D eigenvalue weighted by molar-refractivity contribution is 5.88. The van der Waals surface area contributed by atoms with E-state index in [0.717, 1.165) is 45.3 Å². The number of nitrogens with zero attached hydrogens (tertiary/aromatic N) is 2. The Kier molecular flexibility index (Phi) is 5.86. The highest BCUT2D eigenvalue weighted by atomic mass is 16.2. The monoisotopic (exact) mass is 329 g/mol. The lowest BCUT2D eigenvalue weighted by Gasteiger charge is -2.37. The number of rotatable bonds is 5. The van der Waals surface area contributed by atoms with Crippen molar-refractivity contribution in [2.75, 3.05) is 32.7 Å². The van der Waals surface area contributed by atoms with Crippen molar-refractivity contribution < 1.29 is 9.59 Å². The lowest BCUT2D eigenvalue weighted by molar-refractivity contribution is -0.146. The van der Waals surface area contributed by atoms with Gasteiger partial charge in [-0.1, -0.05) is 30.3 Å². The SMILES string of the molecule is O=C([C@H]1CNCCN1C(=O)CCCc1ccccc1)N1CCCC1. The first kappa shape index (κ1) is 17.0. The number of likely N-dealkylation sites (tertiary alicyclic amines) is 1. The maximum atomic E-state index is 12.7. The van der Waals surface area contributed by atoms with Crippen LogP contribution in [0.15, 0.2) is 30.3 Å². The molecule has 2 aliphatic heterocycles. The van der Waals surface area contributed by atoms with Crippen molar-refractivity contribution in [3.8, 4) is 0 Å². The highest BCUT2D eigenvalue weighted by Crippen LogP contribution is 2.15. The minimum atomic E-state index is -0.318. The lowest BCUT2D eigenvalue weighted by Crippen LogP contribution is -2.59. The summed E-state index contributed by atoms with van der Waals surface area (Å²) < 4.78 is 0. The molecule has 130 valence electrons. The number of amides is 2. The van der Waals surface area contributed by atoms with Gasteiger partial charge in [0, 0.05) is 39.1 Å². The van der Waals surface area contributed by atoms with Crippen LogP contribution in [0.25, 0.3) is 0 Å². The van der Waals surface area contributed by atoms with Crippen molar-refractivity contribution >= 4 is 11.8 Å². The summed E-state index contributed by atoms with van der Waals surface area (Å²) in [7, 11) is 0. The summed E-state index contributed by atoms with van der Waals surface area (Å²) in [5, 5.41) is 3.26. The lowest BCUT2D eigenvalue weighted by atomic mass is 10.1. The molecule has 0 spiro atoms. The molecule has 24 heavy (non-hydrogen) atoms. The average Bonchev–Trinajstić information content (AvgIpc) is 3.16. The first-order valence-electron chi connectivity index (χ1n) is 9.08. The Balaban J connectivity index is 1.54. The molecule has 5 nitrogen and oxygen atoms in total. The van der Waals surface area contributed by atoms with E-state index in [1.165, 1.54) is 5.56 Å². The van der Waals surface area contributed by atoms with Gasteiger partial charge in [0.05, 0.1) is 0 Å². The summed E-state index contributed by atoms with van der Waals surface area (Å²) >= 11 is 0. The van der Waals surface area contributed by atoms with Gasteiger partial charge in [0.2, 0.25) is 11.8 Å². The molecular formula is C19H27N3O2. The number of benzene rings is 1. The molecule has 0 bridgehead atoms. The number of hydrogen-bond acceptors (Lipinski definition) is 3. The Morgan fingerprint density at radius 1 is 1.08 bits per heavy atom. The molecule has 0 aromatic heterocycles. The van der Waals surface area contributed by atoms with Crippen LogP contribution in [0.4, 0.5) is 0 Å². The summed E-state index contributed by atoms with van der Waals surface area (Å²) in [5.41, 5.74) is 1.26. The number of carbonyl (C=O) groups excluding carboxylic acids is 2. The molecule has 0 unspecified atom stereocenters. The second-order valence-electron chi connectivity index (χ2n) is 6.68. The molecule has 0 radical (unpaired) electrons. The molecule has 2 amide bonds. The number of hydrogen-bond donors (Lipinski definition) is 1. The van der Waals surface area contributed by atoms with Gasteiger partial charge in [-0.3, -0.25) is 9.59 Å². The van der Waals surface area contributed by atoms with Gasteiger partial charge in [-0.25, -0.2) is 0 Å². The Bertz CT molecular complexity index is 555. The van der Waals surface area contributed by atoms with Crippen LogP contribution < -0.4 is 5.32 Å². The fraction of sp³-hybridized carbons (Fsp3) is 0.579. The standard InChI is InChI=1S/C19H27N3O2/c23-18(10-6-9-16-7-2-1-3-8-16)22-14-11-20-15-17(22)19(24)21-12-4-5-13-21/h1-3,7-8,17,20H,4-6,9-15H2/t17-/m1/s1. The van der Waals surface area contributed by atoms with E-state index in [2.05, 4.69) is 17.4 Å². The summed E-state index contributed by atoms with van der Waals surface area (Å²) in [6.07, 6.45) is 4.41. The van der Waals surface area contributed by atoms with E-state index in [-0.39, 0.29) is 17.9 Å². The normalized spacial score (nSPS) is 21.1. The first-order valence-corrected chi connectivity index (χ1v) is 9.08. The van der Waals surface area contributed by atoms with Crippen molar-refractivity contribution in [3.63, 3.8) is 0 Å². The van der Waals surface area contributed by atoms with Crippen LogP contribution in [0.1, 0.15) is 31.2 Å². The first-order chi connectivity index (χ1) is 11.8. The minimum absolute atomic E-state index is 0.116. The fourth-order valence-corrected chi connectivity index (χ4v) is 3.60. The molecule has 2 heterocycles. The maximum absolute atomic E-state index is 12.7. The number of carbonyl (C=O) groups is 2. The number of aryl methyl sites for hydroxylation is 1. The van der Waals surface area contributed by atoms with E-state index in [4.69, 9.17) is 0 Å². The van der Waals surface area contributed by atoms with Gasteiger partial charge in [-0.15, -0.1) is 0 Å². The van der Waals surface area contributed by atoms with Gasteiger partial charge < -0.3 is 15.1 Å². The molecule has 1 N–H and O–H groups in total. The molecule has 2 saturated heterocycles. The number of piperazine rings is 1. The summed E-state index contributed by atoms with van der Waals surface area (Å²) in [6, 6.07) is 9.92. The van der Waals surface area contributed by atoms with Crippen molar-refractivity contribution in [1.82, 2.24) is 15.1 Å². The Morgan fingerprint density at radius 2 is 1.83 bits per heavy atom. The summed E-state index contributed by atoms with van der Waals surface area (Å²) in [5.74, 6) is 0.237. The van der Waals surface area contributed by atoms with Gasteiger partial charge in [0.25, 0.3) is 0 Å². The van der Waals surface area contributed by atoms with Crippen LogP contribution in [-0.4, -0.2) is 60.4 Å². The smallest absolute Gasteiger partial charge is 0.246 e. The molecular weight excluding hydrogens is 302 g/mol. The third kappa shape index (κ3) is 4.15. The van der Waals surface area contributed by atoms with Crippen molar-refractivity contribution in [3.05, 3.63) is 35.9 Å². The predicted octanol–water partition coefficient (Wildman–Crippen LogP) is 1.43. The maximum Gasteiger partial charge on any atom is 0.246 e. The molecule has 3 rings (SSSR count). The van der Waals surface area contributed by atoms with Crippen LogP contribution in [0.3, 0.4) is 0 Å². The zero-order valence-electron chi connectivity index (χ0n) is 14.2. The van der Waals surface area contributed by atoms with E-state index >= 15 is 0 Å². The van der Waals surface area contributed by atoms with Gasteiger partial charge in [0.15, 0.2) is 0 Å². The molecule has 0 saturated carbocycles. The van der Waals surface area contributed by atoms with E-state index in [1.807, 2.05) is 28.0 Å². The van der Waals surface area contributed by atoms with Crippen LogP contribution in [-0.2, 0) is 16.0 Å². The number of nitrogens with one attached hydrogen (secondary N) is 1. The van der Waals surface area contributed by atoms with Gasteiger partial charge in [-0.2, -0.15) is 0 Å². The van der Waals surface area contributed by atoms with E-state index in [1.54, 1.807) is 0 Å². The highest BCUT2D eigenvalue weighted by Gasteiger charge is 2.35. The second kappa shape index (κ2) is 8.29. The van der Waals surface area contributed by atoms with E-state index in [0.29, 0.717) is 19.5 Å². The predicted molar refractivity (Wildman–Crippen MR) is 93.6 cm³/mol. The molecule has 2 aliphatic rings. The molecule has 1 atom stereocenters. The molecule has 2 fully saturated rings. The molecule has 5 heteroatoms. The Hall–Kier alpha value is -1.88. The zero-order valence-corrected chi connectivity index (χ0v) is 14.2.